The summed E-state index contributed by atoms with van der Waals surface area (Å²) >= 11 is 1.63. The van der Waals surface area contributed by atoms with Crippen LogP contribution in [-0.4, -0.2) is 4.98 Å². The van der Waals surface area contributed by atoms with Crippen molar-refractivity contribution in [2.75, 3.05) is 5.32 Å². The van der Waals surface area contributed by atoms with Crippen molar-refractivity contribution < 1.29 is 0 Å². The molecule has 1 N–H and O–H groups in total. The van der Waals surface area contributed by atoms with E-state index < -0.39 is 0 Å². The van der Waals surface area contributed by atoms with Gasteiger partial charge in [0.15, 0.2) is 5.13 Å². The minimum absolute atomic E-state index is 0.717. The Morgan fingerprint density at radius 1 is 1.18 bits per heavy atom. The summed E-state index contributed by atoms with van der Waals surface area (Å²) in [4.78, 5) is 4.20. The third kappa shape index (κ3) is 3.86. The summed E-state index contributed by atoms with van der Waals surface area (Å²) in [6, 6.07) is 8.83. The smallest absolute Gasteiger partial charge is 0.182 e. The number of hydrogen-bond acceptors (Lipinski definition) is 3. The molecule has 0 aliphatic heterocycles. The first-order valence-corrected chi connectivity index (χ1v) is 6.83. The Kier molecular flexibility index (Phi) is 4.15. The quantitative estimate of drug-likeness (QED) is 0.864. The average molecular weight is 246 g/mol. The van der Waals surface area contributed by atoms with E-state index in [9.17, 15) is 0 Å². The third-order valence-electron chi connectivity index (χ3n) is 2.54. The highest BCUT2D eigenvalue weighted by Gasteiger charge is 1.99. The van der Waals surface area contributed by atoms with E-state index in [0.29, 0.717) is 5.92 Å². The minimum atomic E-state index is 0.717. The van der Waals surface area contributed by atoms with Gasteiger partial charge in [0.05, 0.1) is 0 Å². The van der Waals surface area contributed by atoms with Gasteiger partial charge in [0.2, 0.25) is 0 Å². The number of nitrogens with one attached hydrogen (secondary N) is 1. The van der Waals surface area contributed by atoms with Gasteiger partial charge in [-0.2, -0.15) is 0 Å². The van der Waals surface area contributed by atoms with E-state index in [1.54, 1.807) is 11.3 Å². The lowest BCUT2D eigenvalue weighted by Crippen LogP contribution is -1.99. The van der Waals surface area contributed by atoms with Gasteiger partial charge in [0.1, 0.15) is 0 Å². The normalized spacial score (nSPS) is 10.8. The van der Waals surface area contributed by atoms with Gasteiger partial charge in [-0.25, -0.2) is 4.98 Å². The molecule has 0 spiro atoms. The lowest BCUT2D eigenvalue weighted by Gasteiger charge is -2.07. The molecule has 0 saturated heterocycles. The fraction of sp³-hybridized carbons (Fsp3) is 0.357. The Hall–Kier alpha value is -1.35. The van der Waals surface area contributed by atoms with Gasteiger partial charge in [-0.05, 0) is 23.5 Å². The zero-order valence-corrected chi connectivity index (χ0v) is 11.1. The highest BCUT2D eigenvalue weighted by Crippen LogP contribution is 2.13. The molecule has 90 valence electrons. The van der Waals surface area contributed by atoms with Gasteiger partial charge in [-0.3, -0.25) is 0 Å². The van der Waals surface area contributed by atoms with Crippen molar-refractivity contribution in [3.8, 4) is 0 Å². The van der Waals surface area contributed by atoms with Crippen molar-refractivity contribution in [2.45, 2.75) is 26.8 Å². The summed E-state index contributed by atoms with van der Waals surface area (Å²) in [7, 11) is 0. The largest absolute Gasteiger partial charge is 0.357 e. The van der Waals surface area contributed by atoms with Crippen LogP contribution in [0.1, 0.15) is 25.0 Å². The van der Waals surface area contributed by atoms with Gasteiger partial charge in [0.25, 0.3) is 0 Å². The van der Waals surface area contributed by atoms with E-state index in [2.05, 4.69) is 48.4 Å². The van der Waals surface area contributed by atoms with Gasteiger partial charge < -0.3 is 5.32 Å². The van der Waals surface area contributed by atoms with E-state index >= 15 is 0 Å². The number of thiazole rings is 1. The molecule has 1 aromatic heterocycles. The Balaban J connectivity index is 1.89. The van der Waals surface area contributed by atoms with Crippen molar-refractivity contribution in [1.29, 1.82) is 0 Å². The van der Waals surface area contributed by atoms with E-state index in [4.69, 9.17) is 0 Å². The molecule has 0 radical (unpaired) electrons. The number of rotatable bonds is 5. The van der Waals surface area contributed by atoms with Crippen LogP contribution in [0.4, 0.5) is 5.13 Å². The van der Waals surface area contributed by atoms with Crippen LogP contribution in [0.5, 0.6) is 0 Å². The predicted molar refractivity (Wildman–Crippen MR) is 74.4 cm³/mol. The first-order chi connectivity index (χ1) is 8.24. The maximum absolute atomic E-state index is 4.20. The lowest BCUT2D eigenvalue weighted by atomic mass is 10.0. The Morgan fingerprint density at radius 2 is 1.88 bits per heavy atom. The van der Waals surface area contributed by atoms with Crippen LogP contribution in [0.2, 0.25) is 0 Å². The molecular weight excluding hydrogens is 228 g/mol. The monoisotopic (exact) mass is 246 g/mol. The molecule has 0 unspecified atom stereocenters. The molecule has 0 aliphatic rings. The number of aromatic nitrogens is 1. The number of hydrogen-bond donors (Lipinski definition) is 1. The Bertz CT molecular complexity index is 432. The SMILES string of the molecule is CC(C)Cc1ccc(CNc2nccs2)cc1. The summed E-state index contributed by atoms with van der Waals surface area (Å²) in [5.41, 5.74) is 2.71. The molecule has 0 bridgehead atoms. The molecule has 1 heterocycles. The molecule has 0 fully saturated rings. The Labute approximate surface area is 107 Å². The first-order valence-electron chi connectivity index (χ1n) is 5.95. The number of benzene rings is 1. The van der Waals surface area contributed by atoms with Crippen LogP contribution in [-0.2, 0) is 13.0 Å². The van der Waals surface area contributed by atoms with Gasteiger partial charge in [-0.1, -0.05) is 38.1 Å². The molecular formula is C14H18N2S. The second-order valence-corrected chi connectivity index (χ2v) is 5.50. The highest BCUT2D eigenvalue weighted by molar-refractivity contribution is 7.13. The molecule has 2 aromatic rings. The van der Waals surface area contributed by atoms with Crippen LogP contribution in [0, 0.1) is 5.92 Å². The summed E-state index contributed by atoms with van der Waals surface area (Å²) in [6.45, 7) is 5.34. The summed E-state index contributed by atoms with van der Waals surface area (Å²) in [5.74, 6) is 0.717. The highest BCUT2D eigenvalue weighted by atomic mass is 32.1. The van der Waals surface area contributed by atoms with E-state index in [0.717, 1.165) is 18.1 Å². The fourth-order valence-corrected chi connectivity index (χ4v) is 2.28. The van der Waals surface area contributed by atoms with Crippen LogP contribution < -0.4 is 5.32 Å². The van der Waals surface area contributed by atoms with Crippen molar-refractivity contribution in [2.24, 2.45) is 5.92 Å². The second-order valence-electron chi connectivity index (χ2n) is 4.61. The van der Waals surface area contributed by atoms with Gasteiger partial charge in [0, 0.05) is 18.1 Å². The lowest BCUT2D eigenvalue weighted by molar-refractivity contribution is 0.647. The minimum Gasteiger partial charge on any atom is -0.357 e. The Morgan fingerprint density at radius 3 is 2.47 bits per heavy atom. The predicted octanol–water partition coefficient (Wildman–Crippen LogP) is 3.95. The van der Waals surface area contributed by atoms with E-state index in [-0.39, 0.29) is 0 Å². The van der Waals surface area contributed by atoms with Crippen LogP contribution in [0.15, 0.2) is 35.8 Å². The van der Waals surface area contributed by atoms with Crippen LogP contribution in [0.25, 0.3) is 0 Å². The maximum Gasteiger partial charge on any atom is 0.182 e. The van der Waals surface area contributed by atoms with Crippen molar-refractivity contribution in [3.05, 3.63) is 47.0 Å². The average Bonchev–Trinajstić information content (AvgIpc) is 2.80. The van der Waals surface area contributed by atoms with Crippen molar-refractivity contribution in [3.63, 3.8) is 0 Å². The molecule has 1 aromatic carbocycles. The van der Waals surface area contributed by atoms with E-state index in [1.807, 2.05) is 11.6 Å². The number of anilines is 1. The standard InChI is InChI=1S/C14H18N2S/c1-11(2)9-12-3-5-13(6-4-12)10-16-14-15-7-8-17-14/h3-8,11H,9-10H2,1-2H3,(H,15,16). The molecule has 0 aliphatic carbocycles. The third-order valence-corrected chi connectivity index (χ3v) is 3.27. The fourth-order valence-electron chi connectivity index (χ4n) is 1.75. The summed E-state index contributed by atoms with van der Waals surface area (Å²) in [6.07, 6.45) is 2.97. The molecule has 17 heavy (non-hydrogen) atoms. The summed E-state index contributed by atoms with van der Waals surface area (Å²) in [5, 5.41) is 6.27. The van der Waals surface area contributed by atoms with Crippen LogP contribution >= 0.6 is 11.3 Å². The van der Waals surface area contributed by atoms with E-state index in [1.165, 1.54) is 11.1 Å². The second kappa shape index (κ2) is 5.82. The molecule has 3 heteroatoms. The topological polar surface area (TPSA) is 24.9 Å². The van der Waals surface area contributed by atoms with Gasteiger partial charge in [-0.15, -0.1) is 11.3 Å². The zero-order chi connectivity index (χ0) is 12.1. The van der Waals surface area contributed by atoms with Crippen LogP contribution in [0.3, 0.4) is 0 Å². The van der Waals surface area contributed by atoms with Gasteiger partial charge >= 0.3 is 0 Å². The molecule has 0 saturated carbocycles. The number of nitrogens with zero attached hydrogens (tertiary/aromatic N) is 1. The molecule has 2 rings (SSSR count). The van der Waals surface area contributed by atoms with Crippen molar-refractivity contribution >= 4 is 16.5 Å². The zero-order valence-electron chi connectivity index (χ0n) is 10.3. The summed E-state index contributed by atoms with van der Waals surface area (Å²) < 4.78 is 0. The van der Waals surface area contributed by atoms with Crippen molar-refractivity contribution in [1.82, 2.24) is 4.98 Å². The molecule has 2 nitrogen and oxygen atoms in total. The molecule has 0 amide bonds. The molecule has 0 atom stereocenters. The maximum atomic E-state index is 4.20. The first kappa shape index (κ1) is 12.1.